The van der Waals surface area contributed by atoms with Crippen LogP contribution in [-0.2, 0) is 0 Å². The number of nitriles is 1. The standard InChI is InChI=1S/C14H18BrN3/c1-10-3-2-4-13(9-17)18(10)14-7-12(15)6-5-11(14)8-16/h5-7,10,13H,2-4,9,17H2,1H3. The molecule has 1 aliphatic heterocycles. The number of anilines is 1. The van der Waals surface area contributed by atoms with E-state index in [1.807, 2.05) is 18.2 Å². The molecular weight excluding hydrogens is 290 g/mol. The van der Waals surface area contributed by atoms with Gasteiger partial charge in [0.1, 0.15) is 6.07 Å². The van der Waals surface area contributed by atoms with Crippen LogP contribution in [0.1, 0.15) is 31.7 Å². The topological polar surface area (TPSA) is 53.0 Å². The van der Waals surface area contributed by atoms with Crippen LogP contribution in [0.25, 0.3) is 0 Å². The van der Waals surface area contributed by atoms with Gasteiger partial charge < -0.3 is 10.6 Å². The number of nitrogens with two attached hydrogens (primary N) is 1. The van der Waals surface area contributed by atoms with E-state index in [1.165, 1.54) is 6.42 Å². The maximum atomic E-state index is 9.26. The highest BCUT2D eigenvalue weighted by molar-refractivity contribution is 9.10. The SMILES string of the molecule is CC1CCCC(CN)N1c1cc(Br)ccc1C#N. The molecule has 1 fully saturated rings. The summed E-state index contributed by atoms with van der Waals surface area (Å²) in [5.41, 5.74) is 7.62. The van der Waals surface area contributed by atoms with Crippen molar-refractivity contribution >= 4 is 21.6 Å². The van der Waals surface area contributed by atoms with E-state index in [2.05, 4.69) is 33.8 Å². The highest BCUT2D eigenvalue weighted by atomic mass is 79.9. The molecule has 96 valence electrons. The zero-order valence-corrected chi connectivity index (χ0v) is 12.2. The predicted octanol–water partition coefficient (Wildman–Crippen LogP) is 3.03. The minimum atomic E-state index is 0.343. The van der Waals surface area contributed by atoms with Gasteiger partial charge in [-0.3, -0.25) is 0 Å². The molecule has 0 radical (unpaired) electrons. The van der Waals surface area contributed by atoms with Crippen LogP contribution in [-0.4, -0.2) is 18.6 Å². The molecule has 0 saturated carbocycles. The molecule has 3 nitrogen and oxygen atoms in total. The van der Waals surface area contributed by atoms with Crippen LogP contribution in [0, 0.1) is 11.3 Å². The van der Waals surface area contributed by atoms with E-state index in [9.17, 15) is 5.26 Å². The van der Waals surface area contributed by atoms with E-state index in [0.717, 1.165) is 28.6 Å². The molecule has 2 unspecified atom stereocenters. The van der Waals surface area contributed by atoms with Crippen molar-refractivity contribution < 1.29 is 0 Å². The maximum Gasteiger partial charge on any atom is 0.101 e. The number of rotatable bonds is 2. The molecule has 4 heteroatoms. The quantitative estimate of drug-likeness (QED) is 0.913. The molecule has 1 aromatic carbocycles. The molecule has 0 amide bonds. The first-order valence-corrected chi connectivity index (χ1v) is 7.14. The molecule has 2 atom stereocenters. The lowest BCUT2D eigenvalue weighted by Gasteiger charge is -2.42. The van der Waals surface area contributed by atoms with Gasteiger partial charge in [-0.1, -0.05) is 15.9 Å². The van der Waals surface area contributed by atoms with Crippen LogP contribution in [0.5, 0.6) is 0 Å². The molecule has 2 N–H and O–H groups in total. The fourth-order valence-corrected chi connectivity index (χ4v) is 3.11. The van der Waals surface area contributed by atoms with Crippen LogP contribution in [0.3, 0.4) is 0 Å². The first kappa shape index (κ1) is 13.4. The smallest absolute Gasteiger partial charge is 0.101 e. The number of hydrogen-bond donors (Lipinski definition) is 1. The summed E-state index contributed by atoms with van der Waals surface area (Å²) in [7, 11) is 0. The monoisotopic (exact) mass is 307 g/mol. The first-order valence-electron chi connectivity index (χ1n) is 6.35. The van der Waals surface area contributed by atoms with Crippen molar-refractivity contribution in [2.75, 3.05) is 11.4 Å². The number of halogens is 1. The summed E-state index contributed by atoms with van der Waals surface area (Å²) < 4.78 is 1.00. The van der Waals surface area contributed by atoms with Crippen molar-refractivity contribution in [1.82, 2.24) is 0 Å². The molecule has 0 aliphatic carbocycles. The van der Waals surface area contributed by atoms with Crippen LogP contribution in [0.4, 0.5) is 5.69 Å². The molecule has 0 bridgehead atoms. The fourth-order valence-electron chi connectivity index (χ4n) is 2.77. The maximum absolute atomic E-state index is 9.26. The predicted molar refractivity (Wildman–Crippen MR) is 77.5 cm³/mol. The second-order valence-corrected chi connectivity index (χ2v) is 5.77. The summed E-state index contributed by atoms with van der Waals surface area (Å²) in [6.45, 7) is 2.85. The van der Waals surface area contributed by atoms with Crippen molar-refractivity contribution in [2.24, 2.45) is 5.73 Å². The summed E-state index contributed by atoms with van der Waals surface area (Å²) in [5, 5.41) is 9.26. The lowest BCUT2D eigenvalue weighted by Crippen LogP contribution is -2.49. The molecule has 18 heavy (non-hydrogen) atoms. The first-order chi connectivity index (χ1) is 8.67. The van der Waals surface area contributed by atoms with Gasteiger partial charge in [0.25, 0.3) is 0 Å². The van der Waals surface area contributed by atoms with Gasteiger partial charge in [0.15, 0.2) is 0 Å². The summed E-state index contributed by atoms with van der Waals surface area (Å²) in [6.07, 6.45) is 3.49. The van der Waals surface area contributed by atoms with Crippen LogP contribution < -0.4 is 10.6 Å². The minimum Gasteiger partial charge on any atom is -0.363 e. The Morgan fingerprint density at radius 1 is 1.50 bits per heavy atom. The Labute approximate surface area is 117 Å². The Kier molecular flexibility index (Phi) is 4.26. The Morgan fingerprint density at radius 2 is 2.28 bits per heavy atom. The van der Waals surface area contributed by atoms with E-state index in [-0.39, 0.29) is 0 Å². The highest BCUT2D eigenvalue weighted by Crippen LogP contribution is 2.33. The Hall–Kier alpha value is -1.05. The second-order valence-electron chi connectivity index (χ2n) is 4.85. The molecule has 0 aromatic heterocycles. The average Bonchev–Trinajstić information content (AvgIpc) is 2.38. The van der Waals surface area contributed by atoms with Crippen molar-refractivity contribution in [2.45, 2.75) is 38.3 Å². The van der Waals surface area contributed by atoms with E-state index in [0.29, 0.717) is 18.6 Å². The van der Waals surface area contributed by atoms with Gasteiger partial charge in [-0.2, -0.15) is 5.26 Å². The lowest BCUT2D eigenvalue weighted by atomic mass is 9.94. The van der Waals surface area contributed by atoms with Crippen molar-refractivity contribution in [1.29, 1.82) is 5.26 Å². The molecule has 1 aromatic rings. The molecule has 1 aliphatic rings. The average molecular weight is 308 g/mol. The summed E-state index contributed by atoms with van der Waals surface area (Å²) >= 11 is 3.49. The molecule has 0 spiro atoms. The second kappa shape index (κ2) is 5.73. The van der Waals surface area contributed by atoms with Gasteiger partial charge in [0, 0.05) is 23.1 Å². The third kappa shape index (κ3) is 2.52. The zero-order valence-electron chi connectivity index (χ0n) is 10.6. The summed E-state index contributed by atoms with van der Waals surface area (Å²) in [4.78, 5) is 2.33. The Bertz CT molecular complexity index is 467. The third-order valence-corrected chi connectivity index (χ3v) is 4.15. The number of nitrogens with zero attached hydrogens (tertiary/aromatic N) is 2. The third-order valence-electron chi connectivity index (χ3n) is 3.66. The lowest BCUT2D eigenvalue weighted by molar-refractivity contribution is 0.400. The van der Waals surface area contributed by atoms with E-state index < -0.39 is 0 Å². The van der Waals surface area contributed by atoms with Gasteiger partial charge in [0.05, 0.1) is 11.3 Å². The van der Waals surface area contributed by atoms with Crippen LogP contribution >= 0.6 is 15.9 Å². The van der Waals surface area contributed by atoms with Gasteiger partial charge in [0.2, 0.25) is 0 Å². The van der Waals surface area contributed by atoms with Crippen molar-refractivity contribution in [3.63, 3.8) is 0 Å². The van der Waals surface area contributed by atoms with Crippen LogP contribution in [0.15, 0.2) is 22.7 Å². The zero-order chi connectivity index (χ0) is 13.1. The minimum absolute atomic E-state index is 0.343. The Morgan fingerprint density at radius 3 is 2.94 bits per heavy atom. The van der Waals surface area contributed by atoms with Crippen molar-refractivity contribution in [3.8, 4) is 6.07 Å². The molecular formula is C14H18BrN3. The van der Waals surface area contributed by atoms with Gasteiger partial charge in [-0.25, -0.2) is 0 Å². The van der Waals surface area contributed by atoms with E-state index >= 15 is 0 Å². The van der Waals surface area contributed by atoms with E-state index in [1.54, 1.807) is 0 Å². The van der Waals surface area contributed by atoms with Gasteiger partial charge in [-0.05, 0) is 44.4 Å². The van der Waals surface area contributed by atoms with E-state index in [4.69, 9.17) is 5.73 Å². The molecule has 1 saturated heterocycles. The number of hydrogen-bond acceptors (Lipinski definition) is 3. The Balaban J connectivity index is 2.44. The highest BCUT2D eigenvalue weighted by Gasteiger charge is 2.28. The summed E-state index contributed by atoms with van der Waals surface area (Å²) in [6, 6.07) is 8.87. The normalized spacial score (nSPS) is 23.8. The number of benzene rings is 1. The molecule has 1 heterocycles. The fraction of sp³-hybridized carbons (Fsp3) is 0.500. The van der Waals surface area contributed by atoms with Crippen molar-refractivity contribution in [3.05, 3.63) is 28.2 Å². The van der Waals surface area contributed by atoms with Gasteiger partial charge >= 0.3 is 0 Å². The largest absolute Gasteiger partial charge is 0.363 e. The summed E-state index contributed by atoms with van der Waals surface area (Å²) in [5.74, 6) is 0. The molecule has 2 rings (SSSR count). The van der Waals surface area contributed by atoms with Crippen LogP contribution in [0.2, 0.25) is 0 Å². The number of piperidine rings is 1. The van der Waals surface area contributed by atoms with Gasteiger partial charge in [-0.15, -0.1) is 0 Å².